The van der Waals surface area contributed by atoms with Crippen LogP contribution in [0.4, 0.5) is 0 Å². The maximum absolute atomic E-state index is 13.1. The first kappa shape index (κ1) is 20.6. The molecule has 4 rings (SSSR count). The number of nitrogens with zero attached hydrogens (tertiary/aromatic N) is 2. The molecule has 158 valence electrons. The van der Waals surface area contributed by atoms with Gasteiger partial charge in [0, 0.05) is 43.1 Å². The van der Waals surface area contributed by atoms with Gasteiger partial charge in [-0.3, -0.25) is 4.79 Å². The second-order valence-corrected chi connectivity index (χ2v) is 9.60. The van der Waals surface area contributed by atoms with Gasteiger partial charge in [-0.2, -0.15) is 4.31 Å². The van der Waals surface area contributed by atoms with E-state index >= 15 is 0 Å². The predicted octanol–water partition coefficient (Wildman–Crippen LogP) is 3.33. The number of sulfonamides is 1. The van der Waals surface area contributed by atoms with E-state index in [-0.39, 0.29) is 31.0 Å². The fraction of sp³-hybridized carbons (Fsp3) is 0.348. The van der Waals surface area contributed by atoms with Gasteiger partial charge in [0.2, 0.25) is 10.0 Å². The lowest BCUT2D eigenvalue weighted by Crippen LogP contribution is -2.50. The molecular formula is C23H26N2O4S. The molecule has 2 aromatic rings. The molecule has 0 aliphatic carbocycles. The van der Waals surface area contributed by atoms with Crippen LogP contribution in [0.1, 0.15) is 41.3 Å². The minimum Gasteiger partial charge on any atom is -0.489 e. The van der Waals surface area contributed by atoms with Crippen LogP contribution in [0.2, 0.25) is 0 Å². The summed E-state index contributed by atoms with van der Waals surface area (Å²) in [6.07, 6.45) is 1.63. The van der Waals surface area contributed by atoms with E-state index in [2.05, 4.69) is 6.92 Å². The van der Waals surface area contributed by atoms with Crippen LogP contribution in [0.5, 0.6) is 5.75 Å². The van der Waals surface area contributed by atoms with Crippen molar-refractivity contribution < 1.29 is 17.9 Å². The summed E-state index contributed by atoms with van der Waals surface area (Å²) in [4.78, 5) is 14.8. The average Bonchev–Trinajstić information content (AvgIpc) is 3.06. The van der Waals surface area contributed by atoms with Gasteiger partial charge in [-0.25, -0.2) is 8.42 Å². The Kier molecular flexibility index (Phi) is 5.66. The average molecular weight is 427 g/mol. The predicted molar refractivity (Wildman–Crippen MR) is 117 cm³/mol. The molecule has 0 aromatic heterocycles. The molecule has 2 aromatic carbocycles. The molecule has 30 heavy (non-hydrogen) atoms. The Bertz CT molecular complexity index is 1060. The largest absolute Gasteiger partial charge is 0.489 e. The third kappa shape index (κ3) is 4.00. The van der Waals surface area contributed by atoms with Gasteiger partial charge < -0.3 is 9.64 Å². The van der Waals surface area contributed by atoms with Gasteiger partial charge in [-0.1, -0.05) is 49.4 Å². The third-order valence-corrected chi connectivity index (χ3v) is 7.46. The first-order chi connectivity index (χ1) is 14.4. The zero-order valence-corrected chi connectivity index (χ0v) is 18.0. The molecular weight excluding hydrogens is 400 g/mol. The van der Waals surface area contributed by atoms with E-state index in [1.54, 1.807) is 17.0 Å². The van der Waals surface area contributed by atoms with Gasteiger partial charge in [0.15, 0.2) is 0 Å². The third-order valence-electron chi connectivity index (χ3n) is 5.89. The lowest BCUT2D eigenvalue weighted by atomic mass is 9.96. The van der Waals surface area contributed by atoms with Crippen LogP contribution in [-0.2, 0) is 10.0 Å². The van der Waals surface area contributed by atoms with Crippen molar-refractivity contribution in [2.45, 2.75) is 25.9 Å². The topological polar surface area (TPSA) is 66.9 Å². The van der Waals surface area contributed by atoms with Gasteiger partial charge in [0.05, 0.1) is 5.56 Å². The SMILES string of the molecule is CC1Oc2c(C(=O)N3CCN(S(=O)(=O)/C=C/c4ccccc4)CC3)cccc2C1C. The van der Waals surface area contributed by atoms with Gasteiger partial charge >= 0.3 is 0 Å². The number of ether oxygens (including phenoxy) is 1. The monoisotopic (exact) mass is 426 g/mol. The van der Waals surface area contributed by atoms with E-state index in [0.717, 1.165) is 11.1 Å². The van der Waals surface area contributed by atoms with Crippen LogP contribution >= 0.6 is 0 Å². The van der Waals surface area contributed by atoms with Crippen LogP contribution in [0, 0.1) is 0 Å². The van der Waals surface area contributed by atoms with Crippen molar-refractivity contribution in [1.29, 1.82) is 0 Å². The van der Waals surface area contributed by atoms with E-state index in [4.69, 9.17) is 4.74 Å². The maximum Gasteiger partial charge on any atom is 0.257 e. The number of hydrogen-bond donors (Lipinski definition) is 0. The standard InChI is InChI=1S/C23H26N2O4S/c1-17-18(2)29-22-20(17)9-6-10-21(22)23(26)24-12-14-25(15-13-24)30(27,28)16-11-19-7-4-3-5-8-19/h3-11,16-18H,12-15H2,1-2H3/b16-11+. The maximum atomic E-state index is 13.1. The highest BCUT2D eigenvalue weighted by Gasteiger charge is 2.34. The Morgan fingerprint density at radius 2 is 1.70 bits per heavy atom. The molecule has 6 nitrogen and oxygen atoms in total. The summed E-state index contributed by atoms with van der Waals surface area (Å²) in [5.74, 6) is 0.805. The van der Waals surface area contributed by atoms with Crippen molar-refractivity contribution in [3.05, 3.63) is 70.6 Å². The van der Waals surface area contributed by atoms with E-state index in [0.29, 0.717) is 24.4 Å². The first-order valence-corrected chi connectivity index (χ1v) is 11.7. The summed E-state index contributed by atoms with van der Waals surface area (Å²) in [5, 5.41) is 1.24. The fourth-order valence-corrected chi connectivity index (χ4v) is 5.06. The van der Waals surface area contributed by atoms with Crippen LogP contribution in [0.3, 0.4) is 0 Å². The number of piperazine rings is 1. The Morgan fingerprint density at radius 1 is 1.00 bits per heavy atom. The van der Waals surface area contributed by atoms with Crippen LogP contribution in [-0.4, -0.2) is 55.8 Å². The molecule has 2 heterocycles. The lowest BCUT2D eigenvalue weighted by molar-refractivity contribution is 0.0693. The van der Waals surface area contributed by atoms with E-state index in [9.17, 15) is 13.2 Å². The van der Waals surface area contributed by atoms with E-state index in [1.165, 1.54) is 9.71 Å². The van der Waals surface area contributed by atoms with Crippen LogP contribution in [0.25, 0.3) is 6.08 Å². The molecule has 1 saturated heterocycles. The van der Waals surface area contributed by atoms with Gasteiger partial charge in [-0.05, 0) is 24.6 Å². The van der Waals surface area contributed by atoms with Crippen molar-refractivity contribution in [2.24, 2.45) is 0 Å². The van der Waals surface area contributed by atoms with E-state index in [1.807, 2.05) is 49.4 Å². The number of hydrogen-bond acceptors (Lipinski definition) is 4. The number of rotatable bonds is 4. The molecule has 2 aliphatic rings. The first-order valence-electron chi connectivity index (χ1n) is 10.2. The molecule has 0 radical (unpaired) electrons. The molecule has 2 unspecified atom stereocenters. The minimum absolute atomic E-state index is 0.0346. The molecule has 2 aliphatic heterocycles. The van der Waals surface area contributed by atoms with Crippen molar-refractivity contribution in [3.63, 3.8) is 0 Å². The summed E-state index contributed by atoms with van der Waals surface area (Å²) in [6.45, 7) is 5.35. The Hall–Kier alpha value is -2.64. The summed E-state index contributed by atoms with van der Waals surface area (Å²) in [7, 11) is -3.53. The Labute approximate surface area is 177 Å². The van der Waals surface area contributed by atoms with Gasteiger partial charge in [0.25, 0.3) is 5.91 Å². The van der Waals surface area contributed by atoms with Crippen molar-refractivity contribution >= 4 is 22.0 Å². The molecule has 0 bridgehead atoms. The molecule has 1 amide bonds. The number of carbonyl (C=O) groups is 1. The normalized spacial score (nSPS) is 22.1. The van der Waals surface area contributed by atoms with Crippen LogP contribution in [0.15, 0.2) is 53.9 Å². The summed E-state index contributed by atoms with van der Waals surface area (Å²) in [6, 6.07) is 15.0. The van der Waals surface area contributed by atoms with Gasteiger partial charge in [0.1, 0.15) is 11.9 Å². The highest BCUT2D eigenvalue weighted by Crippen LogP contribution is 2.40. The second kappa shape index (κ2) is 8.24. The number of amides is 1. The molecule has 0 N–H and O–H groups in total. The van der Waals surface area contributed by atoms with E-state index < -0.39 is 10.0 Å². The highest BCUT2D eigenvalue weighted by molar-refractivity contribution is 7.92. The number of benzene rings is 2. The molecule has 1 fully saturated rings. The Morgan fingerprint density at radius 3 is 2.40 bits per heavy atom. The van der Waals surface area contributed by atoms with Crippen molar-refractivity contribution in [2.75, 3.05) is 26.2 Å². The Balaban J connectivity index is 1.43. The molecule has 7 heteroatoms. The smallest absolute Gasteiger partial charge is 0.257 e. The number of carbonyl (C=O) groups excluding carboxylic acids is 1. The molecule has 0 saturated carbocycles. The number of fused-ring (bicyclic) bond motifs is 1. The summed E-state index contributed by atoms with van der Waals surface area (Å²) >= 11 is 0. The zero-order chi connectivity index (χ0) is 21.3. The minimum atomic E-state index is -3.53. The summed E-state index contributed by atoms with van der Waals surface area (Å²) < 4.78 is 32.7. The van der Waals surface area contributed by atoms with Gasteiger partial charge in [-0.15, -0.1) is 0 Å². The lowest BCUT2D eigenvalue weighted by Gasteiger charge is -2.33. The number of para-hydroxylation sites is 1. The van der Waals surface area contributed by atoms with Crippen molar-refractivity contribution in [1.82, 2.24) is 9.21 Å². The molecule has 2 atom stereocenters. The summed E-state index contributed by atoms with van der Waals surface area (Å²) in [5.41, 5.74) is 2.45. The zero-order valence-electron chi connectivity index (χ0n) is 17.2. The van der Waals surface area contributed by atoms with Crippen LogP contribution < -0.4 is 4.74 Å². The highest BCUT2D eigenvalue weighted by atomic mass is 32.2. The quantitative estimate of drug-likeness (QED) is 0.752. The fourth-order valence-electron chi connectivity index (χ4n) is 3.88. The second-order valence-electron chi connectivity index (χ2n) is 7.79. The van der Waals surface area contributed by atoms with Crippen molar-refractivity contribution in [3.8, 4) is 5.75 Å². The molecule has 0 spiro atoms.